The van der Waals surface area contributed by atoms with Crippen LogP contribution >= 0.6 is 0 Å². The third kappa shape index (κ3) is 6.10. The lowest BCUT2D eigenvalue weighted by Crippen LogP contribution is -2.00. The number of para-hydroxylation sites is 2. The maximum Gasteiger partial charge on any atom is 0.118 e. The summed E-state index contributed by atoms with van der Waals surface area (Å²) in [5.74, 6) is 1.54. The van der Waals surface area contributed by atoms with E-state index in [1.807, 2.05) is 121 Å². The zero-order valence-electron chi connectivity index (χ0n) is 25.5. The second-order valence-electron chi connectivity index (χ2n) is 10.7. The molecular formula is C40H30N4O2. The van der Waals surface area contributed by atoms with E-state index in [4.69, 9.17) is 29.4 Å². The quantitative estimate of drug-likeness (QED) is 0.174. The lowest BCUT2D eigenvalue weighted by molar-refractivity contribution is 0.414. The molecule has 6 heteroatoms. The maximum absolute atomic E-state index is 5.43. The van der Waals surface area contributed by atoms with Crippen LogP contribution in [-0.4, -0.2) is 34.2 Å². The third-order valence-electron chi connectivity index (χ3n) is 7.74. The van der Waals surface area contributed by atoms with Crippen molar-refractivity contribution in [2.75, 3.05) is 14.2 Å². The number of fused-ring (bicyclic) bond motifs is 2. The molecule has 6 nitrogen and oxygen atoms in total. The highest BCUT2D eigenvalue weighted by molar-refractivity contribution is 5.86. The Morgan fingerprint density at radius 3 is 1.24 bits per heavy atom. The van der Waals surface area contributed by atoms with Crippen molar-refractivity contribution in [3.63, 3.8) is 0 Å². The first-order valence-electron chi connectivity index (χ1n) is 15.0. The van der Waals surface area contributed by atoms with Crippen LogP contribution < -0.4 is 9.47 Å². The highest BCUT2D eigenvalue weighted by Crippen LogP contribution is 2.31. The first-order chi connectivity index (χ1) is 22.7. The van der Waals surface area contributed by atoms with Gasteiger partial charge in [-0.15, -0.1) is 0 Å². The van der Waals surface area contributed by atoms with Gasteiger partial charge in [-0.25, -0.2) is 19.9 Å². The second kappa shape index (κ2) is 12.8. The fourth-order valence-electron chi connectivity index (χ4n) is 5.29. The number of hydrogen-bond acceptors (Lipinski definition) is 6. The third-order valence-corrected chi connectivity index (χ3v) is 7.74. The van der Waals surface area contributed by atoms with Gasteiger partial charge in [-0.2, -0.15) is 0 Å². The van der Waals surface area contributed by atoms with Gasteiger partial charge >= 0.3 is 0 Å². The number of benzene rings is 4. The van der Waals surface area contributed by atoms with Crippen LogP contribution in [0.1, 0.15) is 22.8 Å². The molecule has 0 spiro atoms. The van der Waals surface area contributed by atoms with Gasteiger partial charge in [-0.1, -0.05) is 48.5 Å². The molecule has 0 N–H and O–H groups in total. The van der Waals surface area contributed by atoms with Crippen LogP contribution in [0.4, 0.5) is 0 Å². The minimum atomic E-state index is 0.715. The van der Waals surface area contributed by atoms with Gasteiger partial charge in [-0.05, 0) is 97.1 Å². The first-order valence-corrected chi connectivity index (χ1v) is 15.0. The molecule has 0 fully saturated rings. The average Bonchev–Trinajstić information content (AvgIpc) is 3.13. The van der Waals surface area contributed by atoms with E-state index in [0.717, 1.165) is 67.2 Å². The minimum Gasteiger partial charge on any atom is -0.497 e. The van der Waals surface area contributed by atoms with Crippen LogP contribution in [0.3, 0.4) is 0 Å². The summed E-state index contributed by atoms with van der Waals surface area (Å²) in [6, 6.07) is 40.1. The molecule has 7 aromatic rings. The van der Waals surface area contributed by atoms with E-state index in [-0.39, 0.29) is 0 Å². The van der Waals surface area contributed by atoms with Gasteiger partial charge in [0, 0.05) is 21.9 Å². The molecule has 3 heterocycles. The highest BCUT2D eigenvalue weighted by atomic mass is 16.5. The summed E-state index contributed by atoms with van der Waals surface area (Å²) in [7, 11) is 3.32. The van der Waals surface area contributed by atoms with E-state index in [1.165, 1.54) is 0 Å². The summed E-state index contributed by atoms with van der Waals surface area (Å²) in [6.45, 7) is 0. The summed E-state index contributed by atoms with van der Waals surface area (Å²) in [4.78, 5) is 20.1. The summed E-state index contributed by atoms with van der Waals surface area (Å²) < 4.78 is 10.9. The summed E-state index contributed by atoms with van der Waals surface area (Å²) in [5, 5.41) is 2.19. The SMILES string of the molecule is COc1ccc(-c2nc(/C=C/c3ccc4ccccc4n3)c(-c3ccc(OC)cc3)nc2/C=C/c2ccc3ccccc3n2)cc1. The summed E-state index contributed by atoms with van der Waals surface area (Å²) >= 11 is 0. The molecule has 0 aliphatic rings. The molecule has 0 unspecified atom stereocenters. The summed E-state index contributed by atoms with van der Waals surface area (Å²) in [6.07, 6.45) is 7.93. The van der Waals surface area contributed by atoms with Crippen LogP contribution in [0.5, 0.6) is 11.5 Å². The highest BCUT2D eigenvalue weighted by Gasteiger charge is 2.15. The molecule has 0 radical (unpaired) electrons. The fraction of sp³-hybridized carbons (Fsp3) is 0.0500. The van der Waals surface area contributed by atoms with Gasteiger partial charge < -0.3 is 9.47 Å². The molecule has 3 aromatic heterocycles. The van der Waals surface area contributed by atoms with E-state index in [9.17, 15) is 0 Å². The van der Waals surface area contributed by atoms with E-state index >= 15 is 0 Å². The molecule has 46 heavy (non-hydrogen) atoms. The fourth-order valence-corrected chi connectivity index (χ4v) is 5.29. The minimum absolute atomic E-state index is 0.715. The maximum atomic E-state index is 5.43. The number of rotatable bonds is 8. The molecule has 0 saturated carbocycles. The number of pyridine rings is 2. The predicted octanol–water partition coefficient (Wildman–Crippen LogP) is 9.26. The molecule has 0 saturated heterocycles. The zero-order chi connectivity index (χ0) is 31.3. The molecule has 7 rings (SSSR count). The lowest BCUT2D eigenvalue weighted by atomic mass is 10.0. The molecule has 0 atom stereocenters. The average molecular weight is 599 g/mol. The molecule has 0 amide bonds. The van der Waals surface area contributed by atoms with Crippen molar-refractivity contribution in [1.29, 1.82) is 0 Å². The van der Waals surface area contributed by atoms with Gasteiger partial charge in [0.25, 0.3) is 0 Å². The number of methoxy groups -OCH3 is 2. The van der Waals surface area contributed by atoms with Crippen molar-refractivity contribution in [2.24, 2.45) is 0 Å². The summed E-state index contributed by atoms with van der Waals surface area (Å²) in [5.41, 5.74) is 8.28. The van der Waals surface area contributed by atoms with E-state index in [2.05, 4.69) is 24.3 Å². The predicted molar refractivity (Wildman–Crippen MR) is 187 cm³/mol. The van der Waals surface area contributed by atoms with Gasteiger partial charge in [0.05, 0.1) is 59.4 Å². The molecule has 0 aliphatic heterocycles. The van der Waals surface area contributed by atoms with Crippen LogP contribution in [-0.2, 0) is 0 Å². The van der Waals surface area contributed by atoms with Crippen molar-refractivity contribution in [3.8, 4) is 34.0 Å². The van der Waals surface area contributed by atoms with E-state index < -0.39 is 0 Å². The number of hydrogen-bond donors (Lipinski definition) is 0. The number of ether oxygens (including phenoxy) is 2. The molecular weight excluding hydrogens is 568 g/mol. The van der Waals surface area contributed by atoms with Crippen LogP contribution in [0.2, 0.25) is 0 Å². The standard InChI is InChI=1S/C40H30N4O2/c1-45-33-21-13-29(14-22-33)39-37(25-19-31-17-11-27-7-3-5-9-35(27)41-31)44-40(30-15-23-34(46-2)24-16-30)38(43-39)26-20-32-18-12-28-8-4-6-10-36(28)42-32/h3-26H,1-2H3/b25-19+,26-20+. The van der Waals surface area contributed by atoms with E-state index in [0.29, 0.717) is 11.4 Å². The molecule has 0 bridgehead atoms. The largest absolute Gasteiger partial charge is 0.497 e. The first kappa shape index (κ1) is 28.6. The van der Waals surface area contributed by atoms with Crippen LogP contribution in [0.25, 0.3) is 68.6 Å². The van der Waals surface area contributed by atoms with Crippen molar-refractivity contribution < 1.29 is 9.47 Å². The Morgan fingerprint density at radius 1 is 0.413 bits per heavy atom. The Labute approximate surface area is 267 Å². The van der Waals surface area contributed by atoms with E-state index in [1.54, 1.807) is 14.2 Å². The number of nitrogens with zero attached hydrogens (tertiary/aromatic N) is 4. The normalized spacial score (nSPS) is 11.5. The van der Waals surface area contributed by atoms with Gasteiger partial charge in [-0.3, -0.25) is 0 Å². The smallest absolute Gasteiger partial charge is 0.118 e. The molecule has 4 aromatic carbocycles. The Kier molecular flexibility index (Phi) is 7.99. The van der Waals surface area contributed by atoms with Crippen LogP contribution in [0.15, 0.2) is 121 Å². The van der Waals surface area contributed by atoms with Gasteiger partial charge in [0.2, 0.25) is 0 Å². The van der Waals surface area contributed by atoms with Crippen LogP contribution in [0, 0.1) is 0 Å². The van der Waals surface area contributed by atoms with Crippen molar-refractivity contribution in [3.05, 3.63) is 144 Å². The zero-order valence-corrected chi connectivity index (χ0v) is 25.5. The Bertz CT molecular complexity index is 2060. The Morgan fingerprint density at radius 2 is 0.826 bits per heavy atom. The van der Waals surface area contributed by atoms with Crippen molar-refractivity contribution in [2.45, 2.75) is 0 Å². The van der Waals surface area contributed by atoms with Gasteiger partial charge in [0.1, 0.15) is 11.5 Å². The second-order valence-corrected chi connectivity index (χ2v) is 10.7. The Hall–Kier alpha value is -6.14. The molecule has 0 aliphatic carbocycles. The van der Waals surface area contributed by atoms with Gasteiger partial charge in [0.15, 0.2) is 0 Å². The monoisotopic (exact) mass is 598 g/mol. The topological polar surface area (TPSA) is 70.0 Å². The molecule has 222 valence electrons. The Balaban J connectivity index is 1.38. The number of aromatic nitrogens is 4. The lowest BCUT2D eigenvalue weighted by Gasteiger charge is -2.13. The van der Waals surface area contributed by atoms with Crippen molar-refractivity contribution in [1.82, 2.24) is 19.9 Å². The van der Waals surface area contributed by atoms with Crippen molar-refractivity contribution >= 4 is 46.1 Å².